The molecule has 0 fully saturated rings. The van der Waals surface area contributed by atoms with Gasteiger partial charge in [-0.15, -0.1) is 0 Å². The first-order valence-corrected chi connectivity index (χ1v) is 10.4. The Balaban J connectivity index is 1.45. The number of carbonyl (C=O) groups excluding carboxylic acids is 1. The molecule has 0 bridgehead atoms. The second kappa shape index (κ2) is 7.72. The Morgan fingerprint density at radius 3 is 2.70 bits per heavy atom. The minimum absolute atomic E-state index is 0.0771. The van der Waals surface area contributed by atoms with Gasteiger partial charge in [-0.05, 0) is 48.7 Å². The summed E-state index contributed by atoms with van der Waals surface area (Å²) in [5.74, 6) is 0.591. The van der Waals surface area contributed by atoms with Crippen molar-refractivity contribution in [2.24, 2.45) is 0 Å². The Bertz CT molecular complexity index is 1240. The molecule has 5 rings (SSSR count). The number of ether oxygens (including phenoxy) is 2. The molecule has 1 aromatic heterocycles. The normalized spacial score (nSPS) is 19.1. The van der Waals surface area contributed by atoms with E-state index in [-0.39, 0.29) is 24.7 Å². The van der Waals surface area contributed by atoms with Crippen LogP contribution in [-0.2, 0) is 0 Å². The number of fused-ring (bicyclic) bond motifs is 2. The standard InChI is InChI=1S/C23H21F3N4O3/c1-12-3-4-13(2)15(7-12)28-22(31)17-10-21-27-16(9-20(23(24,25)26)30(21)29-17)14-5-6-18-19(8-14)33-11-32-18/h3-8,10,16,20,27H,9,11H2,1-2H3,(H,28,31)/t16-,20-/m0/s1. The molecule has 33 heavy (non-hydrogen) atoms. The average molecular weight is 458 g/mol. The summed E-state index contributed by atoms with van der Waals surface area (Å²) >= 11 is 0. The van der Waals surface area contributed by atoms with Crippen LogP contribution in [0, 0.1) is 13.8 Å². The lowest BCUT2D eigenvalue weighted by Crippen LogP contribution is -2.35. The average Bonchev–Trinajstić information content (AvgIpc) is 3.41. The van der Waals surface area contributed by atoms with E-state index in [1.54, 1.807) is 24.3 Å². The van der Waals surface area contributed by atoms with E-state index in [2.05, 4.69) is 15.7 Å². The van der Waals surface area contributed by atoms with Gasteiger partial charge in [-0.3, -0.25) is 4.79 Å². The van der Waals surface area contributed by atoms with Gasteiger partial charge < -0.3 is 20.1 Å². The zero-order valence-electron chi connectivity index (χ0n) is 17.9. The van der Waals surface area contributed by atoms with E-state index in [1.807, 2.05) is 26.0 Å². The lowest BCUT2D eigenvalue weighted by atomic mass is 9.96. The number of benzene rings is 2. The van der Waals surface area contributed by atoms with Gasteiger partial charge in [0.15, 0.2) is 23.2 Å². The fourth-order valence-corrected chi connectivity index (χ4v) is 4.09. The molecule has 2 aliphatic rings. The van der Waals surface area contributed by atoms with Gasteiger partial charge in [0.2, 0.25) is 6.79 Å². The Kier molecular flexibility index (Phi) is 4.95. The van der Waals surface area contributed by atoms with Gasteiger partial charge in [-0.2, -0.15) is 18.3 Å². The van der Waals surface area contributed by atoms with Crippen molar-refractivity contribution in [1.82, 2.24) is 9.78 Å². The first kappa shape index (κ1) is 21.2. The number of rotatable bonds is 3. The molecule has 2 aliphatic heterocycles. The third-order valence-electron chi connectivity index (χ3n) is 5.86. The van der Waals surface area contributed by atoms with E-state index in [1.165, 1.54) is 6.07 Å². The van der Waals surface area contributed by atoms with E-state index >= 15 is 0 Å². The Hall–Kier alpha value is -3.69. The second-order valence-electron chi connectivity index (χ2n) is 8.23. The summed E-state index contributed by atoms with van der Waals surface area (Å²) in [5, 5.41) is 9.85. The smallest absolute Gasteiger partial charge is 0.410 e. The molecular formula is C23H21F3N4O3. The van der Waals surface area contributed by atoms with E-state index in [4.69, 9.17) is 9.47 Å². The molecule has 2 N–H and O–H groups in total. The molecule has 0 saturated carbocycles. The molecule has 0 radical (unpaired) electrons. The van der Waals surface area contributed by atoms with Crippen LogP contribution in [0.25, 0.3) is 0 Å². The molecule has 3 aromatic rings. The maximum Gasteiger partial charge on any atom is 0.410 e. The molecule has 10 heteroatoms. The zero-order valence-corrected chi connectivity index (χ0v) is 17.9. The maximum absolute atomic E-state index is 13.9. The first-order chi connectivity index (χ1) is 15.7. The number of halogens is 3. The molecule has 172 valence electrons. The molecular weight excluding hydrogens is 437 g/mol. The van der Waals surface area contributed by atoms with Crippen molar-refractivity contribution in [1.29, 1.82) is 0 Å². The number of nitrogens with one attached hydrogen (secondary N) is 2. The van der Waals surface area contributed by atoms with Crippen LogP contribution in [0.4, 0.5) is 24.7 Å². The largest absolute Gasteiger partial charge is 0.454 e. The Morgan fingerprint density at radius 1 is 1.12 bits per heavy atom. The van der Waals surface area contributed by atoms with Gasteiger partial charge in [-0.1, -0.05) is 18.2 Å². The summed E-state index contributed by atoms with van der Waals surface area (Å²) in [4.78, 5) is 12.8. The fraction of sp³-hybridized carbons (Fsp3) is 0.304. The van der Waals surface area contributed by atoms with Gasteiger partial charge in [-0.25, -0.2) is 4.68 Å². The third-order valence-corrected chi connectivity index (χ3v) is 5.86. The van der Waals surface area contributed by atoms with Crippen LogP contribution < -0.4 is 20.1 Å². The molecule has 2 atom stereocenters. The summed E-state index contributed by atoms with van der Waals surface area (Å²) in [6.45, 7) is 3.80. The molecule has 3 heterocycles. The highest BCUT2D eigenvalue weighted by molar-refractivity contribution is 6.03. The van der Waals surface area contributed by atoms with Gasteiger partial charge in [0.25, 0.3) is 5.91 Å². The quantitative estimate of drug-likeness (QED) is 0.568. The highest BCUT2D eigenvalue weighted by atomic mass is 19.4. The number of amides is 1. The highest BCUT2D eigenvalue weighted by Crippen LogP contribution is 2.45. The first-order valence-electron chi connectivity index (χ1n) is 10.4. The van der Waals surface area contributed by atoms with Crippen LogP contribution in [0.1, 0.15) is 45.7 Å². The van der Waals surface area contributed by atoms with Crippen LogP contribution in [0.5, 0.6) is 11.5 Å². The number of hydrogen-bond donors (Lipinski definition) is 2. The number of nitrogens with zero attached hydrogens (tertiary/aromatic N) is 2. The topological polar surface area (TPSA) is 77.4 Å². The van der Waals surface area contributed by atoms with Crippen LogP contribution >= 0.6 is 0 Å². The van der Waals surface area contributed by atoms with Gasteiger partial charge >= 0.3 is 6.18 Å². The third kappa shape index (κ3) is 3.96. The molecule has 0 aliphatic carbocycles. The van der Waals surface area contributed by atoms with Crippen molar-refractivity contribution in [3.8, 4) is 11.5 Å². The number of hydrogen-bond acceptors (Lipinski definition) is 5. The number of anilines is 2. The van der Waals surface area contributed by atoms with E-state index in [9.17, 15) is 18.0 Å². The van der Waals surface area contributed by atoms with Crippen molar-refractivity contribution in [3.63, 3.8) is 0 Å². The molecule has 0 spiro atoms. The van der Waals surface area contributed by atoms with Crippen molar-refractivity contribution in [3.05, 3.63) is 64.8 Å². The monoisotopic (exact) mass is 458 g/mol. The zero-order chi connectivity index (χ0) is 23.3. The Labute approximate surface area is 187 Å². The van der Waals surface area contributed by atoms with Gasteiger partial charge in [0, 0.05) is 18.2 Å². The van der Waals surface area contributed by atoms with Crippen LogP contribution in [0.15, 0.2) is 42.5 Å². The van der Waals surface area contributed by atoms with Crippen molar-refractivity contribution >= 4 is 17.4 Å². The predicted molar refractivity (Wildman–Crippen MR) is 115 cm³/mol. The van der Waals surface area contributed by atoms with Crippen LogP contribution in [-0.4, -0.2) is 28.7 Å². The lowest BCUT2D eigenvalue weighted by molar-refractivity contribution is -0.173. The van der Waals surface area contributed by atoms with Gasteiger partial charge in [0.1, 0.15) is 5.82 Å². The number of alkyl halides is 3. The number of aromatic nitrogens is 2. The summed E-state index contributed by atoms with van der Waals surface area (Å²) in [6.07, 6.45) is -4.83. The van der Waals surface area contributed by atoms with Crippen LogP contribution in [0.2, 0.25) is 0 Å². The molecule has 2 aromatic carbocycles. The summed E-state index contributed by atoms with van der Waals surface area (Å²) in [6, 6.07) is 9.45. The summed E-state index contributed by atoms with van der Waals surface area (Å²) < 4.78 is 53.3. The summed E-state index contributed by atoms with van der Waals surface area (Å²) in [7, 11) is 0. The van der Waals surface area contributed by atoms with Crippen molar-refractivity contribution in [2.75, 3.05) is 17.4 Å². The predicted octanol–water partition coefficient (Wildman–Crippen LogP) is 5.14. The number of carbonyl (C=O) groups is 1. The van der Waals surface area contributed by atoms with Crippen molar-refractivity contribution in [2.45, 2.75) is 38.5 Å². The number of aryl methyl sites for hydroxylation is 2. The van der Waals surface area contributed by atoms with Gasteiger partial charge in [0.05, 0.1) is 6.04 Å². The summed E-state index contributed by atoms with van der Waals surface area (Å²) in [5.41, 5.74) is 2.91. The second-order valence-corrected chi connectivity index (χ2v) is 8.23. The molecule has 1 amide bonds. The Morgan fingerprint density at radius 2 is 1.91 bits per heavy atom. The van der Waals surface area contributed by atoms with Crippen LogP contribution in [0.3, 0.4) is 0 Å². The minimum Gasteiger partial charge on any atom is -0.454 e. The van der Waals surface area contributed by atoms with E-state index in [0.29, 0.717) is 22.7 Å². The molecule has 7 nitrogen and oxygen atoms in total. The van der Waals surface area contributed by atoms with E-state index in [0.717, 1.165) is 15.8 Å². The van der Waals surface area contributed by atoms with Crippen molar-refractivity contribution < 1.29 is 27.4 Å². The maximum atomic E-state index is 13.9. The minimum atomic E-state index is -4.54. The molecule has 0 unspecified atom stereocenters. The fourth-order valence-electron chi connectivity index (χ4n) is 4.09. The highest BCUT2D eigenvalue weighted by Gasteiger charge is 2.47. The lowest BCUT2D eigenvalue weighted by Gasteiger charge is -2.33. The van der Waals surface area contributed by atoms with E-state index < -0.39 is 24.2 Å². The SMILES string of the molecule is Cc1ccc(C)c(NC(=O)c2cc3n(n2)[C@H](C(F)(F)F)C[C@@H](c2ccc4c(c2)OCO4)N3)c1. The molecule has 0 saturated heterocycles.